The Hall–Kier alpha value is -1.99. The number of ether oxygens (including phenoxy) is 6. The van der Waals surface area contributed by atoms with E-state index < -0.39 is 124 Å². The Morgan fingerprint density at radius 2 is 0.971 bits per heavy atom. The van der Waals surface area contributed by atoms with Crippen LogP contribution in [0.25, 0.3) is 0 Å². The fourth-order valence-corrected chi connectivity index (χ4v) is 8.39. The second kappa shape index (κ2) is 34.4. The molecule has 3 rings (SSSR count). The van der Waals surface area contributed by atoms with Gasteiger partial charge in [-0.2, -0.15) is 0 Å². The number of allylic oxidation sites excluding steroid dienone is 5. The fraction of sp³-hybridized carbons (Fsp3) is 0.857. The highest BCUT2D eigenvalue weighted by molar-refractivity contribution is 5.76. The van der Waals surface area contributed by atoms with E-state index in [2.05, 4.69) is 43.5 Å². The molecular formula is C49H87NO18. The van der Waals surface area contributed by atoms with E-state index in [0.29, 0.717) is 6.42 Å². The molecule has 0 radical (unpaired) electrons. The predicted molar refractivity (Wildman–Crippen MR) is 249 cm³/mol. The summed E-state index contributed by atoms with van der Waals surface area (Å²) >= 11 is 0. The fourth-order valence-electron chi connectivity index (χ4n) is 8.39. The second-order valence-electron chi connectivity index (χ2n) is 18.3. The largest absolute Gasteiger partial charge is 0.394 e. The van der Waals surface area contributed by atoms with Crippen LogP contribution in [0, 0.1) is 0 Å². The quantitative estimate of drug-likeness (QED) is 0.0321. The number of unbranched alkanes of at least 4 members (excludes halogenated alkanes) is 14. The van der Waals surface area contributed by atoms with Crippen LogP contribution in [0.1, 0.15) is 136 Å². The first-order valence-corrected chi connectivity index (χ1v) is 25.2. The van der Waals surface area contributed by atoms with E-state index in [1.54, 1.807) is 6.08 Å². The van der Waals surface area contributed by atoms with Gasteiger partial charge in [-0.3, -0.25) is 4.79 Å². The molecule has 0 saturated carbocycles. The van der Waals surface area contributed by atoms with E-state index in [1.165, 1.54) is 32.1 Å². The molecule has 12 N–H and O–H groups in total. The monoisotopic (exact) mass is 978 g/mol. The van der Waals surface area contributed by atoms with Gasteiger partial charge in [-0.15, -0.1) is 0 Å². The molecule has 0 aromatic heterocycles. The first-order chi connectivity index (χ1) is 32.8. The van der Waals surface area contributed by atoms with Crippen molar-refractivity contribution in [2.45, 2.75) is 240 Å². The Bertz CT molecular complexity index is 1400. The molecule has 3 aliphatic heterocycles. The maximum absolute atomic E-state index is 13.2. The van der Waals surface area contributed by atoms with Crippen LogP contribution >= 0.6 is 0 Å². The average molecular weight is 978 g/mol. The predicted octanol–water partition coefficient (Wildman–Crippen LogP) is 1.42. The Morgan fingerprint density at radius 1 is 0.529 bits per heavy atom. The van der Waals surface area contributed by atoms with Crippen molar-refractivity contribution in [3.63, 3.8) is 0 Å². The van der Waals surface area contributed by atoms with Crippen molar-refractivity contribution in [2.75, 3.05) is 26.4 Å². The molecule has 19 nitrogen and oxygen atoms in total. The van der Waals surface area contributed by atoms with Crippen molar-refractivity contribution in [2.24, 2.45) is 0 Å². The second-order valence-corrected chi connectivity index (χ2v) is 18.3. The molecule has 1 amide bonds. The highest BCUT2D eigenvalue weighted by Gasteiger charge is 2.53. The Morgan fingerprint density at radius 3 is 1.53 bits per heavy atom. The average Bonchev–Trinajstić information content (AvgIpc) is 3.33. The van der Waals surface area contributed by atoms with Gasteiger partial charge in [0, 0.05) is 6.42 Å². The number of hydrogen-bond donors (Lipinski definition) is 12. The Labute approximate surface area is 402 Å². The summed E-state index contributed by atoms with van der Waals surface area (Å²) in [6.45, 7) is 1.58. The van der Waals surface area contributed by atoms with Crippen molar-refractivity contribution < 1.29 is 89.4 Å². The first-order valence-electron chi connectivity index (χ1n) is 25.2. The third-order valence-corrected chi connectivity index (χ3v) is 12.7. The van der Waals surface area contributed by atoms with Crippen molar-refractivity contribution in [3.8, 4) is 0 Å². The van der Waals surface area contributed by atoms with Gasteiger partial charge in [0.25, 0.3) is 0 Å². The summed E-state index contributed by atoms with van der Waals surface area (Å²) in [5.74, 6) is -0.297. The van der Waals surface area contributed by atoms with E-state index in [1.807, 2.05) is 6.08 Å². The molecule has 0 bridgehead atoms. The lowest BCUT2D eigenvalue weighted by molar-refractivity contribution is -0.379. The lowest BCUT2D eigenvalue weighted by Gasteiger charge is -2.48. The van der Waals surface area contributed by atoms with Crippen LogP contribution in [0.3, 0.4) is 0 Å². The van der Waals surface area contributed by atoms with Crippen molar-refractivity contribution in [3.05, 3.63) is 36.5 Å². The van der Waals surface area contributed by atoms with E-state index in [0.717, 1.165) is 77.0 Å². The van der Waals surface area contributed by atoms with E-state index in [-0.39, 0.29) is 18.9 Å². The van der Waals surface area contributed by atoms with Gasteiger partial charge in [0.05, 0.1) is 38.6 Å². The molecule has 396 valence electrons. The summed E-state index contributed by atoms with van der Waals surface area (Å²) in [6.07, 6.45) is 4.58. The summed E-state index contributed by atoms with van der Waals surface area (Å²) in [6, 6.07) is -0.975. The molecule has 3 heterocycles. The zero-order chi connectivity index (χ0) is 49.8. The Kier molecular flexibility index (Phi) is 30.5. The molecule has 19 heteroatoms. The number of aliphatic hydroxyl groups excluding tert-OH is 11. The maximum atomic E-state index is 13.2. The number of aliphatic hydroxyl groups is 11. The lowest BCUT2D eigenvalue weighted by atomic mass is 9.96. The number of carbonyl (C=O) groups excluding carboxylic acids is 1. The summed E-state index contributed by atoms with van der Waals surface area (Å²) < 4.78 is 34.0. The van der Waals surface area contributed by atoms with E-state index >= 15 is 0 Å². The van der Waals surface area contributed by atoms with Crippen LogP contribution in [-0.2, 0) is 33.2 Å². The molecule has 3 saturated heterocycles. The molecule has 17 unspecified atom stereocenters. The van der Waals surface area contributed by atoms with Crippen LogP contribution in [0.2, 0.25) is 0 Å². The van der Waals surface area contributed by atoms with Gasteiger partial charge in [-0.25, -0.2) is 0 Å². The summed E-state index contributed by atoms with van der Waals surface area (Å²) in [4.78, 5) is 13.2. The number of nitrogens with one attached hydrogen (secondary N) is 1. The zero-order valence-corrected chi connectivity index (χ0v) is 40.3. The molecular weight excluding hydrogens is 891 g/mol. The Balaban J connectivity index is 1.55. The van der Waals surface area contributed by atoms with Crippen molar-refractivity contribution in [1.82, 2.24) is 5.32 Å². The normalized spacial score (nSPS) is 33.5. The number of rotatable bonds is 34. The lowest BCUT2D eigenvalue weighted by Crippen LogP contribution is -2.66. The third kappa shape index (κ3) is 20.3. The smallest absolute Gasteiger partial charge is 0.220 e. The van der Waals surface area contributed by atoms with Gasteiger partial charge in [0.1, 0.15) is 73.2 Å². The van der Waals surface area contributed by atoms with Gasteiger partial charge >= 0.3 is 0 Å². The standard InChI is InChI=1S/C49H87NO18/c1-3-5-7-9-11-13-14-15-16-17-18-19-21-23-25-27-37(55)50-32(33(54)26-24-22-20-12-10-8-6-4-2)31-63-47-43(61)40(58)45(35(29-52)65-47)68-49-44(62)41(59)46(36(30-53)66-49)67-48-42(60)39(57)38(56)34(28-51)64-48/h11,13,15-16,24,26,32-36,38-49,51-54,56-62H,3-10,12,14,17-23,25,27-31H2,1-2H3,(H,50,55)/b13-11-,16-15-,26-24+. The van der Waals surface area contributed by atoms with Crippen LogP contribution in [0.15, 0.2) is 36.5 Å². The topological polar surface area (TPSA) is 307 Å². The summed E-state index contributed by atoms with van der Waals surface area (Å²) in [5.41, 5.74) is 0. The molecule has 0 spiro atoms. The van der Waals surface area contributed by atoms with Crippen LogP contribution in [-0.4, -0.2) is 193 Å². The molecule has 3 fully saturated rings. The van der Waals surface area contributed by atoms with Gasteiger partial charge in [-0.1, -0.05) is 115 Å². The minimum Gasteiger partial charge on any atom is -0.394 e. The molecule has 0 aliphatic carbocycles. The van der Waals surface area contributed by atoms with Gasteiger partial charge in [0.2, 0.25) is 5.91 Å². The number of carbonyl (C=O) groups is 1. The minimum absolute atomic E-state index is 0.226. The molecule has 68 heavy (non-hydrogen) atoms. The SMILES string of the molecule is CCCCC/C=C\C/C=C\CCCCCCCC(=O)NC(COC1OC(CO)C(OC2OC(CO)C(OC3OC(CO)C(O)C(O)C3O)C(O)C2O)C(O)C1O)C(O)/C=C/CCCCCCCC. The number of hydrogen-bond acceptors (Lipinski definition) is 18. The number of amides is 1. The highest BCUT2D eigenvalue weighted by Crippen LogP contribution is 2.33. The van der Waals surface area contributed by atoms with Gasteiger partial charge in [0.15, 0.2) is 18.9 Å². The molecule has 17 atom stereocenters. The third-order valence-electron chi connectivity index (χ3n) is 12.7. The highest BCUT2D eigenvalue weighted by atomic mass is 16.8. The molecule has 0 aromatic carbocycles. The van der Waals surface area contributed by atoms with E-state index in [4.69, 9.17) is 28.4 Å². The van der Waals surface area contributed by atoms with Crippen LogP contribution in [0.5, 0.6) is 0 Å². The van der Waals surface area contributed by atoms with Crippen LogP contribution < -0.4 is 5.32 Å². The van der Waals surface area contributed by atoms with Crippen LogP contribution in [0.4, 0.5) is 0 Å². The van der Waals surface area contributed by atoms with Gasteiger partial charge in [-0.05, 0) is 51.4 Å². The first kappa shape index (κ1) is 60.3. The van der Waals surface area contributed by atoms with Gasteiger partial charge < -0.3 is 89.9 Å². The van der Waals surface area contributed by atoms with E-state index in [9.17, 15) is 61.0 Å². The summed E-state index contributed by atoms with van der Waals surface area (Å²) in [5, 5.41) is 119. The van der Waals surface area contributed by atoms with Crippen molar-refractivity contribution >= 4 is 5.91 Å². The zero-order valence-electron chi connectivity index (χ0n) is 40.3. The molecule has 0 aromatic rings. The van der Waals surface area contributed by atoms with Crippen molar-refractivity contribution in [1.29, 1.82) is 0 Å². The summed E-state index contributed by atoms with van der Waals surface area (Å²) in [7, 11) is 0. The minimum atomic E-state index is -1.98. The maximum Gasteiger partial charge on any atom is 0.220 e. The molecule has 3 aliphatic rings.